The lowest BCUT2D eigenvalue weighted by atomic mass is 10.0. The monoisotopic (exact) mass is 376 g/mol. The molecule has 1 aromatic rings. The maximum absolute atomic E-state index is 5.57. The van der Waals surface area contributed by atoms with E-state index in [0.29, 0.717) is 26.4 Å². The Balaban J connectivity index is 2.32. The highest BCUT2D eigenvalue weighted by Crippen LogP contribution is 2.19. The van der Waals surface area contributed by atoms with Crippen LogP contribution in [0, 0.1) is 0 Å². The summed E-state index contributed by atoms with van der Waals surface area (Å²) in [5.41, 5.74) is 4.54. The smallest absolute Gasteiger partial charge is 0.111 e. The molecule has 0 N–H and O–H groups in total. The zero-order chi connectivity index (χ0) is 19.7. The summed E-state index contributed by atoms with van der Waals surface area (Å²) in [6.45, 7) is 12.3. The fourth-order valence-corrected chi connectivity index (χ4v) is 2.30. The molecule has 0 aliphatic carbocycles. The van der Waals surface area contributed by atoms with E-state index in [1.54, 1.807) is 6.26 Å². The first-order valence-corrected chi connectivity index (χ1v) is 10.0. The normalized spacial score (nSPS) is 12.3. The average Bonchev–Trinajstić information content (AvgIpc) is 2.69. The fourth-order valence-electron chi connectivity index (χ4n) is 2.30. The molecule has 0 saturated carbocycles. The van der Waals surface area contributed by atoms with Gasteiger partial charge in [0.15, 0.2) is 0 Å². The Kier molecular flexibility index (Phi) is 13.2. The van der Waals surface area contributed by atoms with Gasteiger partial charge in [0, 0.05) is 6.61 Å². The van der Waals surface area contributed by atoms with E-state index >= 15 is 0 Å². The van der Waals surface area contributed by atoms with Crippen LogP contribution >= 0.6 is 0 Å². The lowest BCUT2D eigenvalue weighted by Crippen LogP contribution is -2.08. The highest BCUT2D eigenvalue weighted by molar-refractivity contribution is 5.68. The Labute approximate surface area is 165 Å². The van der Waals surface area contributed by atoms with Crippen LogP contribution in [0.4, 0.5) is 0 Å². The number of hydrogen-bond acceptors (Lipinski definition) is 4. The molecule has 0 heterocycles. The van der Waals surface area contributed by atoms with Crippen molar-refractivity contribution < 1.29 is 18.9 Å². The minimum absolute atomic E-state index is 0.542. The van der Waals surface area contributed by atoms with Crippen LogP contribution in [-0.2, 0) is 18.9 Å². The third kappa shape index (κ3) is 10.8. The molecule has 0 saturated heterocycles. The molecule has 4 nitrogen and oxygen atoms in total. The molecule has 0 amide bonds. The summed E-state index contributed by atoms with van der Waals surface area (Å²) in [6, 6.07) is 8.44. The van der Waals surface area contributed by atoms with Crippen molar-refractivity contribution in [1.82, 2.24) is 0 Å². The Morgan fingerprint density at radius 3 is 1.67 bits per heavy atom. The number of ether oxygens (including phenoxy) is 4. The standard InChI is InChI=1S/C23H36O4/c1-5-7-13-26-18-20(3)22-8-10-23(11-9-22)21(4)19-27-17-16-25-15-14-24-12-6-2/h8-11,18-19H,5-7,12-17H2,1-4H3. The largest absolute Gasteiger partial charge is 0.501 e. The Morgan fingerprint density at radius 1 is 0.667 bits per heavy atom. The van der Waals surface area contributed by atoms with E-state index in [-0.39, 0.29) is 0 Å². The van der Waals surface area contributed by atoms with Gasteiger partial charge in [0.25, 0.3) is 0 Å². The third-order valence-electron chi connectivity index (χ3n) is 4.00. The van der Waals surface area contributed by atoms with E-state index in [4.69, 9.17) is 18.9 Å². The van der Waals surface area contributed by atoms with Gasteiger partial charge in [-0.15, -0.1) is 0 Å². The van der Waals surface area contributed by atoms with Gasteiger partial charge in [-0.05, 0) is 49.0 Å². The van der Waals surface area contributed by atoms with Crippen molar-refractivity contribution in [3.63, 3.8) is 0 Å². The molecule has 0 radical (unpaired) electrons. The van der Waals surface area contributed by atoms with Gasteiger partial charge in [0.2, 0.25) is 0 Å². The summed E-state index contributed by atoms with van der Waals surface area (Å²) in [5, 5.41) is 0. The molecular formula is C23H36O4. The molecule has 0 unspecified atom stereocenters. The molecule has 0 bridgehead atoms. The Hall–Kier alpha value is -1.78. The first kappa shape index (κ1) is 23.3. The molecule has 27 heavy (non-hydrogen) atoms. The van der Waals surface area contributed by atoms with Crippen molar-refractivity contribution in [1.29, 1.82) is 0 Å². The van der Waals surface area contributed by atoms with Crippen molar-refractivity contribution in [2.75, 3.05) is 39.6 Å². The summed E-state index contributed by atoms with van der Waals surface area (Å²) in [6.07, 6.45) is 6.92. The van der Waals surface area contributed by atoms with Crippen LogP contribution in [0.1, 0.15) is 58.1 Å². The first-order valence-electron chi connectivity index (χ1n) is 10.0. The second-order valence-electron chi connectivity index (χ2n) is 6.50. The van der Waals surface area contributed by atoms with E-state index in [2.05, 4.69) is 45.0 Å². The average molecular weight is 377 g/mol. The van der Waals surface area contributed by atoms with Crippen LogP contribution in [0.2, 0.25) is 0 Å². The first-order chi connectivity index (χ1) is 13.2. The highest BCUT2D eigenvalue weighted by Gasteiger charge is 2.00. The van der Waals surface area contributed by atoms with Crippen LogP contribution < -0.4 is 0 Å². The van der Waals surface area contributed by atoms with Gasteiger partial charge in [0.05, 0.1) is 39.0 Å². The molecule has 152 valence electrons. The molecule has 0 aromatic heterocycles. The van der Waals surface area contributed by atoms with Gasteiger partial charge in [-0.3, -0.25) is 0 Å². The molecule has 0 spiro atoms. The zero-order valence-corrected chi connectivity index (χ0v) is 17.5. The fraction of sp³-hybridized carbons (Fsp3) is 0.565. The predicted octanol–water partition coefficient (Wildman–Crippen LogP) is 5.68. The SMILES string of the molecule is CCCCOC=C(C)c1ccc(C(C)=COCCOCCOCCC)cc1. The Morgan fingerprint density at radius 2 is 1.15 bits per heavy atom. The second kappa shape index (κ2) is 15.3. The van der Waals surface area contributed by atoms with E-state index in [9.17, 15) is 0 Å². The van der Waals surface area contributed by atoms with Crippen molar-refractivity contribution in [3.05, 3.63) is 47.9 Å². The van der Waals surface area contributed by atoms with E-state index in [1.807, 2.05) is 13.2 Å². The quantitative estimate of drug-likeness (QED) is 0.291. The summed E-state index contributed by atoms with van der Waals surface area (Å²) >= 11 is 0. The van der Waals surface area contributed by atoms with Gasteiger partial charge in [-0.1, -0.05) is 44.5 Å². The van der Waals surface area contributed by atoms with Crippen molar-refractivity contribution in [3.8, 4) is 0 Å². The zero-order valence-electron chi connectivity index (χ0n) is 17.5. The topological polar surface area (TPSA) is 36.9 Å². The van der Waals surface area contributed by atoms with E-state index in [0.717, 1.165) is 49.2 Å². The number of allylic oxidation sites excluding steroid dienone is 2. The molecule has 0 fully saturated rings. The summed E-state index contributed by atoms with van der Waals surface area (Å²) < 4.78 is 22.0. The summed E-state index contributed by atoms with van der Waals surface area (Å²) in [7, 11) is 0. The maximum atomic E-state index is 5.57. The van der Waals surface area contributed by atoms with Gasteiger partial charge in [0.1, 0.15) is 6.61 Å². The second-order valence-corrected chi connectivity index (χ2v) is 6.50. The lowest BCUT2D eigenvalue weighted by molar-refractivity contribution is 0.0309. The van der Waals surface area contributed by atoms with Gasteiger partial charge in [-0.25, -0.2) is 0 Å². The van der Waals surface area contributed by atoms with Crippen LogP contribution in [0.3, 0.4) is 0 Å². The molecule has 4 heteroatoms. The van der Waals surface area contributed by atoms with Crippen molar-refractivity contribution >= 4 is 11.1 Å². The molecule has 0 aliphatic rings. The third-order valence-corrected chi connectivity index (χ3v) is 4.00. The van der Waals surface area contributed by atoms with Crippen LogP contribution in [0.25, 0.3) is 11.1 Å². The molecular weight excluding hydrogens is 340 g/mol. The maximum Gasteiger partial charge on any atom is 0.111 e. The molecule has 0 atom stereocenters. The number of hydrogen-bond donors (Lipinski definition) is 0. The van der Waals surface area contributed by atoms with Crippen LogP contribution in [0.5, 0.6) is 0 Å². The number of benzene rings is 1. The van der Waals surface area contributed by atoms with Gasteiger partial charge < -0.3 is 18.9 Å². The summed E-state index contributed by atoms with van der Waals surface area (Å²) in [5.74, 6) is 0. The van der Waals surface area contributed by atoms with Crippen molar-refractivity contribution in [2.45, 2.75) is 47.0 Å². The number of unbranched alkanes of at least 4 members (excludes halogenated alkanes) is 1. The molecule has 1 rings (SSSR count). The van der Waals surface area contributed by atoms with E-state index < -0.39 is 0 Å². The van der Waals surface area contributed by atoms with E-state index in [1.165, 1.54) is 5.56 Å². The van der Waals surface area contributed by atoms with Crippen LogP contribution in [0.15, 0.2) is 36.8 Å². The highest BCUT2D eigenvalue weighted by atomic mass is 16.5. The molecule has 1 aromatic carbocycles. The summed E-state index contributed by atoms with van der Waals surface area (Å²) in [4.78, 5) is 0. The van der Waals surface area contributed by atoms with Crippen LogP contribution in [-0.4, -0.2) is 39.6 Å². The van der Waals surface area contributed by atoms with Crippen molar-refractivity contribution in [2.24, 2.45) is 0 Å². The van der Waals surface area contributed by atoms with Gasteiger partial charge in [-0.2, -0.15) is 0 Å². The van der Waals surface area contributed by atoms with Gasteiger partial charge >= 0.3 is 0 Å². The minimum atomic E-state index is 0.542. The Bertz CT molecular complexity index is 546. The predicted molar refractivity (Wildman–Crippen MR) is 112 cm³/mol. The minimum Gasteiger partial charge on any atom is -0.501 e. The molecule has 0 aliphatic heterocycles. The lowest BCUT2D eigenvalue weighted by Gasteiger charge is -2.08. The number of rotatable bonds is 15.